The molecule has 0 amide bonds. The molecular formula is C14H20N3O3S+. The van der Waals surface area contributed by atoms with Crippen LogP contribution >= 0.6 is 0 Å². The van der Waals surface area contributed by atoms with E-state index < -0.39 is 9.84 Å². The van der Waals surface area contributed by atoms with Crippen molar-refractivity contribution in [3.63, 3.8) is 0 Å². The van der Waals surface area contributed by atoms with Gasteiger partial charge in [-0.25, -0.2) is 8.42 Å². The highest BCUT2D eigenvalue weighted by atomic mass is 32.2. The molecule has 1 aromatic carbocycles. The van der Waals surface area contributed by atoms with Gasteiger partial charge in [0.15, 0.2) is 0 Å². The number of sulfone groups is 1. The van der Waals surface area contributed by atoms with Gasteiger partial charge in [0.1, 0.15) is 0 Å². The number of aryl methyl sites for hydroxylation is 1. The summed E-state index contributed by atoms with van der Waals surface area (Å²) in [6.07, 6.45) is 3.58. The third-order valence-corrected chi connectivity index (χ3v) is 4.46. The molecule has 0 unspecified atom stereocenters. The summed E-state index contributed by atoms with van der Waals surface area (Å²) in [6, 6.07) is 8.95. The first-order valence-corrected chi connectivity index (χ1v) is 8.65. The predicted octanol–water partition coefficient (Wildman–Crippen LogP) is 0.998. The van der Waals surface area contributed by atoms with E-state index in [4.69, 9.17) is 4.42 Å². The smallest absolute Gasteiger partial charge is 0.335 e. The zero-order valence-corrected chi connectivity index (χ0v) is 12.7. The van der Waals surface area contributed by atoms with E-state index in [1.54, 1.807) is 24.3 Å². The van der Waals surface area contributed by atoms with Crippen LogP contribution in [0.3, 0.4) is 0 Å². The SMILES string of the molecule is [NH3+]CCCCCc1nnc(S(=O)(=O)Cc2ccccc2)o1. The zero-order valence-electron chi connectivity index (χ0n) is 11.9. The zero-order chi connectivity index (χ0) is 15.1. The quantitative estimate of drug-likeness (QED) is 0.733. The first-order chi connectivity index (χ1) is 10.1. The monoisotopic (exact) mass is 310 g/mol. The van der Waals surface area contributed by atoms with Crippen LogP contribution in [0.4, 0.5) is 0 Å². The molecule has 21 heavy (non-hydrogen) atoms. The highest BCUT2D eigenvalue weighted by Gasteiger charge is 2.22. The molecule has 0 saturated carbocycles. The van der Waals surface area contributed by atoms with Gasteiger partial charge in [0.05, 0.1) is 12.3 Å². The molecule has 0 fully saturated rings. The highest BCUT2D eigenvalue weighted by Crippen LogP contribution is 2.16. The van der Waals surface area contributed by atoms with Crippen molar-refractivity contribution in [2.75, 3.05) is 6.54 Å². The highest BCUT2D eigenvalue weighted by molar-refractivity contribution is 7.90. The van der Waals surface area contributed by atoms with Crippen molar-refractivity contribution in [2.24, 2.45) is 0 Å². The van der Waals surface area contributed by atoms with Gasteiger partial charge in [-0.3, -0.25) is 0 Å². The number of quaternary nitrogens is 1. The van der Waals surface area contributed by atoms with E-state index in [0.717, 1.165) is 25.8 Å². The molecule has 6 nitrogen and oxygen atoms in total. The Morgan fingerprint density at radius 3 is 2.52 bits per heavy atom. The van der Waals surface area contributed by atoms with E-state index in [1.165, 1.54) is 0 Å². The Labute approximate surface area is 124 Å². The fourth-order valence-corrected chi connectivity index (χ4v) is 3.09. The maximum atomic E-state index is 12.2. The lowest BCUT2D eigenvalue weighted by Gasteiger charge is -1.99. The van der Waals surface area contributed by atoms with E-state index in [0.29, 0.717) is 17.9 Å². The average Bonchev–Trinajstić information content (AvgIpc) is 2.94. The van der Waals surface area contributed by atoms with E-state index in [2.05, 4.69) is 15.9 Å². The summed E-state index contributed by atoms with van der Waals surface area (Å²) in [6.45, 7) is 0.903. The van der Waals surface area contributed by atoms with Gasteiger partial charge in [-0.1, -0.05) is 35.4 Å². The maximum absolute atomic E-state index is 12.2. The van der Waals surface area contributed by atoms with Crippen LogP contribution in [-0.4, -0.2) is 25.2 Å². The first-order valence-electron chi connectivity index (χ1n) is 7.00. The van der Waals surface area contributed by atoms with Crippen LogP contribution in [-0.2, 0) is 22.0 Å². The lowest BCUT2D eigenvalue weighted by atomic mass is 10.2. The van der Waals surface area contributed by atoms with E-state index in [-0.39, 0.29) is 11.0 Å². The van der Waals surface area contributed by atoms with Gasteiger partial charge in [-0.15, -0.1) is 5.10 Å². The Morgan fingerprint density at radius 1 is 1.05 bits per heavy atom. The summed E-state index contributed by atoms with van der Waals surface area (Å²) >= 11 is 0. The standard InChI is InChI=1S/C14H19N3O3S/c15-10-6-2-5-9-13-16-17-14(20-13)21(18,19)11-12-7-3-1-4-8-12/h1,3-4,7-8H,2,5-6,9-11,15H2/p+1. The third-order valence-electron chi connectivity index (χ3n) is 3.05. The van der Waals surface area contributed by atoms with Crippen LogP contribution in [0.15, 0.2) is 40.0 Å². The number of hydrogen-bond acceptors (Lipinski definition) is 5. The molecule has 0 bridgehead atoms. The van der Waals surface area contributed by atoms with E-state index in [9.17, 15) is 8.42 Å². The lowest BCUT2D eigenvalue weighted by Crippen LogP contribution is -2.50. The number of unbranched alkanes of at least 4 members (excludes halogenated alkanes) is 2. The fraction of sp³-hybridized carbons (Fsp3) is 0.429. The van der Waals surface area contributed by atoms with Gasteiger partial charge in [-0.2, -0.15) is 0 Å². The van der Waals surface area contributed by atoms with Crippen LogP contribution < -0.4 is 5.73 Å². The Morgan fingerprint density at radius 2 is 1.81 bits per heavy atom. The minimum absolute atomic E-state index is 0.128. The minimum Gasteiger partial charge on any atom is -0.413 e. The molecule has 0 saturated heterocycles. The molecule has 7 heteroatoms. The number of hydrogen-bond donors (Lipinski definition) is 1. The van der Waals surface area contributed by atoms with Gasteiger partial charge < -0.3 is 10.2 Å². The third kappa shape index (κ3) is 4.64. The lowest BCUT2D eigenvalue weighted by molar-refractivity contribution is -0.368. The van der Waals surface area contributed by atoms with Crippen molar-refractivity contribution in [1.82, 2.24) is 10.2 Å². The van der Waals surface area contributed by atoms with Crippen LogP contribution in [0.2, 0.25) is 0 Å². The summed E-state index contributed by atoms with van der Waals surface area (Å²) in [5, 5.41) is 7.18. The van der Waals surface area contributed by atoms with Crippen molar-refractivity contribution in [3.05, 3.63) is 41.8 Å². The van der Waals surface area contributed by atoms with Crippen LogP contribution in [0, 0.1) is 0 Å². The Balaban J connectivity index is 1.99. The van der Waals surface area contributed by atoms with Crippen molar-refractivity contribution >= 4 is 9.84 Å². The number of benzene rings is 1. The summed E-state index contributed by atoms with van der Waals surface area (Å²) in [5.41, 5.74) is 4.48. The second-order valence-corrected chi connectivity index (χ2v) is 6.74. The molecule has 0 aliphatic carbocycles. The van der Waals surface area contributed by atoms with Crippen LogP contribution in [0.1, 0.15) is 30.7 Å². The second-order valence-electron chi connectivity index (χ2n) is 4.87. The molecule has 0 aliphatic rings. The van der Waals surface area contributed by atoms with Crippen molar-refractivity contribution in [3.8, 4) is 0 Å². The van der Waals surface area contributed by atoms with Gasteiger partial charge in [0.2, 0.25) is 15.7 Å². The van der Waals surface area contributed by atoms with Crippen molar-refractivity contribution in [2.45, 2.75) is 36.7 Å². The van der Waals surface area contributed by atoms with E-state index in [1.807, 2.05) is 6.07 Å². The summed E-state index contributed by atoms with van der Waals surface area (Å²) in [5.74, 6) is 0.252. The van der Waals surface area contributed by atoms with Gasteiger partial charge in [0.25, 0.3) is 0 Å². The van der Waals surface area contributed by atoms with Crippen LogP contribution in [0.25, 0.3) is 0 Å². The second kappa shape index (κ2) is 7.33. The molecule has 1 aromatic heterocycles. The minimum atomic E-state index is -3.58. The van der Waals surface area contributed by atoms with Gasteiger partial charge in [-0.05, 0) is 24.8 Å². The molecule has 0 atom stereocenters. The molecular weight excluding hydrogens is 290 g/mol. The number of aromatic nitrogens is 2. The molecule has 2 aromatic rings. The summed E-state index contributed by atoms with van der Waals surface area (Å²) in [7, 11) is -3.58. The first kappa shape index (κ1) is 15.7. The van der Waals surface area contributed by atoms with E-state index >= 15 is 0 Å². The molecule has 114 valence electrons. The molecule has 3 N–H and O–H groups in total. The molecule has 0 radical (unpaired) electrons. The molecule has 0 aliphatic heterocycles. The fourth-order valence-electron chi connectivity index (χ4n) is 1.95. The normalized spacial score (nSPS) is 11.7. The largest absolute Gasteiger partial charge is 0.413 e. The average molecular weight is 310 g/mol. The van der Waals surface area contributed by atoms with Crippen molar-refractivity contribution in [1.29, 1.82) is 0 Å². The summed E-state index contributed by atoms with van der Waals surface area (Å²) in [4.78, 5) is 0. The summed E-state index contributed by atoms with van der Waals surface area (Å²) < 4.78 is 29.6. The molecule has 0 spiro atoms. The number of rotatable bonds is 8. The van der Waals surface area contributed by atoms with Crippen LogP contribution in [0.5, 0.6) is 0 Å². The number of nitrogens with zero attached hydrogens (tertiary/aromatic N) is 2. The van der Waals surface area contributed by atoms with Gasteiger partial charge >= 0.3 is 5.22 Å². The molecule has 1 heterocycles. The molecule has 2 rings (SSSR count). The topological polar surface area (TPSA) is 101 Å². The maximum Gasteiger partial charge on any atom is 0.335 e. The predicted molar refractivity (Wildman–Crippen MR) is 76.9 cm³/mol. The Hall–Kier alpha value is -1.73. The Bertz CT molecular complexity index is 653. The van der Waals surface area contributed by atoms with Crippen molar-refractivity contribution < 1.29 is 18.6 Å². The Kier molecular flexibility index (Phi) is 5.46. The van der Waals surface area contributed by atoms with Gasteiger partial charge in [0, 0.05) is 6.42 Å².